The Balaban J connectivity index is 1.47. The van der Waals surface area contributed by atoms with Gasteiger partial charge in [-0.3, -0.25) is 4.79 Å². The molecule has 0 amide bonds. The number of anilines is 1. The lowest BCUT2D eigenvalue weighted by Gasteiger charge is -2.29. The predicted octanol–water partition coefficient (Wildman–Crippen LogP) is 3.74. The van der Waals surface area contributed by atoms with Crippen LogP contribution in [0.15, 0.2) is 59.7 Å². The summed E-state index contributed by atoms with van der Waals surface area (Å²) in [5, 5.41) is 5.15. The fourth-order valence-corrected chi connectivity index (χ4v) is 3.88. The molecule has 1 aliphatic rings. The smallest absolute Gasteiger partial charge is 0.258 e. The highest BCUT2D eigenvalue weighted by Crippen LogP contribution is 2.25. The molecule has 31 heavy (non-hydrogen) atoms. The van der Waals surface area contributed by atoms with Crippen LogP contribution in [0.5, 0.6) is 0 Å². The second kappa shape index (κ2) is 8.00. The van der Waals surface area contributed by atoms with E-state index in [9.17, 15) is 4.79 Å². The lowest BCUT2D eigenvalue weighted by atomic mass is 10.1. The SMILES string of the molecule is CC(C)c1nc2ccc(-c3cnn(-c4cccc(N5CCOCC5)c4)c3)cc2c(=O)[nH]1. The molecular formula is C24H25N5O2. The van der Waals surface area contributed by atoms with E-state index in [1.54, 1.807) is 0 Å². The van der Waals surface area contributed by atoms with E-state index < -0.39 is 0 Å². The van der Waals surface area contributed by atoms with Crippen molar-refractivity contribution in [1.82, 2.24) is 19.7 Å². The van der Waals surface area contributed by atoms with Crippen LogP contribution in [-0.2, 0) is 4.74 Å². The number of hydrogen-bond donors (Lipinski definition) is 1. The van der Waals surface area contributed by atoms with E-state index in [0.717, 1.165) is 43.1 Å². The summed E-state index contributed by atoms with van der Waals surface area (Å²) in [4.78, 5) is 22.4. The van der Waals surface area contributed by atoms with Crippen LogP contribution in [0.25, 0.3) is 27.7 Å². The third-order valence-electron chi connectivity index (χ3n) is 5.66. The number of aromatic amines is 1. The van der Waals surface area contributed by atoms with Crippen molar-refractivity contribution in [3.8, 4) is 16.8 Å². The molecule has 1 N–H and O–H groups in total. The molecule has 2 aromatic heterocycles. The fourth-order valence-electron chi connectivity index (χ4n) is 3.88. The Morgan fingerprint density at radius 2 is 1.84 bits per heavy atom. The molecule has 0 atom stereocenters. The quantitative estimate of drug-likeness (QED) is 0.550. The van der Waals surface area contributed by atoms with Gasteiger partial charge in [-0.15, -0.1) is 0 Å². The van der Waals surface area contributed by atoms with E-state index in [1.807, 2.05) is 55.2 Å². The molecule has 1 aliphatic heterocycles. The Hall–Kier alpha value is -3.45. The first-order valence-electron chi connectivity index (χ1n) is 10.6. The van der Waals surface area contributed by atoms with Crippen LogP contribution in [0, 0.1) is 0 Å². The van der Waals surface area contributed by atoms with Gasteiger partial charge in [0.25, 0.3) is 5.56 Å². The van der Waals surface area contributed by atoms with Crippen molar-refractivity contribution < 1.29 is 4.74 Å². The molecule has 0 spiro atoms. The predicted molar refractivity (Wildman–Crippen MR) is 122 cm³/mol. The van der Waals surface area contributed by atoms with Gasteiger partial charge in [-0.25, -0.2) is 9.67 Å². The van der Waals surface area contributed by atoms with Gasteiger partial charge in [0.2, 0.25) is 0 Å². The van der Waals surface area contributed by atoms with Gasteiger partial charge in [-0.05, 0) is 35.9 Å². The maximum Gasteiger partial charge on any atom is 0.258 e. The zero-order valence-electron chi connectivity index (χ0n) is 17.7. The maximum absolute atomic E-state index is 12.6. The Morgan fingerprint density at radius 3 is 2.65 bits per heavy atom. The highest BCUT2D eigenvalue weighted by atomic mass is 16.5. The minimum atomic E-state index is -0.110. The van der Waals surface area contributed by atoms with Crippen molar-refractivity contribution in [1.29, 1.82) is 0 Å². The van der Waals surface area contributed by atoms with Crippen LogP contribution >= 0.6 is 0 Å². The molecule has 158 valence electrons. The van der Waals surface area contributed by atoms with Crippen LogP contribution in [0.3, 0.4) is 0 Å². The molecule has 7 nitrogen and oxygen atoms in total. The first-order valence-corrected chi connectivity index (χ1v) is 10.6. The third kappa shape index (κ3) is 3.84. The highest BCUT2D eigenvalue weighted by molar-refractivity contribution is 5.83. The van der Waals surface area contributed by atoms with Crippen molar-refractivity contribution in [3.05, 3.63) is 71.0 Å². The zero-order chi connectivity index (χ0) is 21.4. The largest absolute Gasteiger partial charge is 0.378 e. The number of rotatable bonds is 4. The molecule has 7 heteroatoms. The molecule has 0 aliphatic carbocycles. The van der Waals surface area contributed by atoms with Crippen molar-refractivity contribution >= 4 is 16.6 Å². The number of hydrogen-bond acceptors (Lipinski definition) is 5. The summed E-state index contributed by atoms with van der Waals surface area (Å²) in [6, 6.07) is 14.1. The molecule has 0 bridgehead atoms. The summed E-state index contributed by atoms with van der Waals surface area (Å²) in [5.74, 6) is 0.876. The minimum Gasteiger partial charge on any atom is -0.378 e. The molecular weight excluding hydrogens is 390 g/mol. The number of morpholine rings is 1. The molecule has 1 saturated heterocycles. The normalized spacial score (nSPS) is 14.5. The highest BCUT2D eigenvalue weighted by Gasteiger charge is 2.13. The second-order valence-corrected chi connectivity index (χ2v) is 8.13. The summed E-state index contributed by atoms with van der Waals surface area (Å²) in [6.07, 6.45) is 3.82. The Bertz CT molecular complexity index is 1280. The Labute approximate surface area is 180 Å². The van der Waals surface area contributed by atoms with Crippen molar-refractivity contribution in [2.45, 2.75) is 19.8 Å². The third-order valence-corrected chi connectivity index (χ3v) is 5.66. The van der Waals surface area contributed by atoms with Crippen molar-refractivity contribution in [3.63, 3.8) is 0 Å². The molecule has 5 rings (SSSR count). The van der Waals surface area contributed by atoms with Gasteiger partial charge in [0.05, 0.1) is 36.0 Å². The van der Waals surface area contributed by atoms with E-state index in [4.69, 9.17) is 4.74 Å². The van der Waals surface area contributed by atoms with Gasteiger partial charge in [-0.2, -0.15) is 5.10 Å². The number of benzene rings is 2. The van der Waals surface area contributed by atoms with Crippen LogP contribution in [0.4, 0.5) is 5.69 Å². The van der Waals surface area contributed by atoms with E-state index in [2.05, 4.69) is 38.2 Å². The zero-order valence-corrected chi connectivity index (χ0v) is 17.7. The van der Waals surface area contributed by atoms with Gasteiger partial charge >= 0.3 is 0 Å². The lowest BCUT2D eigenvalue weighted by Crippen LogP contribution is -2.36. The van der Waals surface area contributed by atoms with Crippen molar-refractivity contribution in [2.24, 2.45) is 0 Å². The number of H-pyrrole nitrogens is 1. The molecule has 0 radical (unpaired) electrons. The fraction of sp³-hybridized carbons (Fsp3) is 0.292. The monoisotopic (exact) mass is 415 g/mol. The number of aromatic nitrogens is 4. The average molecular weight is 415 g/mol. The van der Waals surface area contributed by atoms with Crippen LogP contribution in [0.1, 0.15) is 25.6 Å². The number of nitrogens with zero attached hydrogens (tertiary/aromatic N) is 4. The molecule has 0 saturated carbocycles. The minimum absolute atomic E-state index is 0.110. The summed E-state index contributed by atoms with van der Waals surface area (Å²) >= 11 is 0. The van der Waals surface area contributed by atoms with Crippen LogP contribution < -0.4 is 10.5 Å². The standard InChI is InChI=1S/C24H25N5O2/c1-16(2)23-26-22-7-6-17(12-21(22)24(30)27-23)18-14-25-29(15-18)20-5-3-4-19(13-20)28-8-10-31-11-9-28/h3-7,12-16H,8-11H2,1-2H3,(H,26,27,30). The lowest BCUT2D eigenvalue weighted by molar-refractivity contribution is 0.122. The van der Waals surface area contributed by atoms with E-state index in [-0.39, 0.29) is 11.5 Å². The van der Waals surface area contributed by atoms with E-state index >= 15 is 0 Å². The maximum atomic E-state index is 12.6. The number of nitrogens with one attached hydrogen (secondary N) is 1. The molecule has 1 fully saturated rings. The second-order valence-electron chi connectivity index (χ2n) is 8.13. The van der Waals surface area contributed by atoms with Gasteiger partial charge in [-0.1, -0.05) is 26.0 Å². The first-order chi connectivity index (χ1) is 15.1. The van der Waals surface area contributed by atoms with Gasteiger partial charge in [0.1, 0.15) is 5.82 Å². The first kappa shape index (κ1) is 19.5. The molecule has 4 aromatic rings. The molecule has 0 unspecified atom stereocenters. The summed E-state index contributed by atoms with van der Waals surface area (Å²) in [7, 11) is 0. The average Bonchev–Trinajstić information content (AvgIpc) is 3.30. The Kier molecular flexibility index (Phi) is 5.03. The Morgan fingerprint density at radius 1 is 1.03 bits per heavy atom. The van der Waals surface area contributed by atoms with E-state index in [1.165, 1.54) is 5.69 Å². The van der Waals surface area contributed by atoms with Crippen LogP contribution in [0.2, 0.25) is 0 Å². The number of fused-ring (bicyclic) bond motifs is 1. The van der Waals surface area contributed by atoms with Crippen LogP contribution in [-0.4, -0.2) is 46.1 Å². The molecule has 2 aromatic carbocycles. The van der Waals surface area contributed by atoms with E-state index in [0.29, 0.717) is 16.7 Å². The topological polar surface area (TPSA) is 76.0 Å². The summed E-state index contributed by atoms with van der Waals surface area (Å²) < 4.78 is 7.33. The summed E-state index contributed by atoms with van der Waals surface area (Å²) in [6.45, 7) is 7.33. The van der Waals surface area contributed by atoms with Gasteiger partial charge < -0.3 is 14.6 Å². The number of ether oxygens (including phenoxy) is 1. The molecule has 3 heterocycles. The summed E-state index contributed by atoms with van der Waals surface area (Å²) in [5.41, 5.74) is 4.65. The van der Waals surface area contributed by atoms with Gasteiger partial charge in [0, 0.05) is 36.5 Å². The van der Waals surface area contributed by atoms with Gasteiger partial charge in [0.15, 0.2) is 0 Å². The van der Waals surface area contributed by atoms with Crippen molar-refractivity contribution in [2.75, 3.05) is 31.2 Å².